The number of halogens is 1. The zero-order chi connectivity index (χ0) is 16.7. The molecule has 23 heavy (non-hydrogen) atoms. The van der Waals surface area contributed by atoms with Crippen LogP contribution in [0, 0.1) is 6.92 Å². The van der Waals surface area contributed by atoms with Gasteiger partial charge in [-0.25, -0.2) is 0 Å². The van der Waals surface area contributed by atoms with Crippen molar-refractivity contribution in [1.29, 1.82) is 0 Å². The van der Waals surface area contributed by atoms with E-state index < -0.39 is 5.91 Å². The van der Waals surface area contributed by atoms with Crippen LogP contribution in [0.3, 0.4) is 0 Å². The summed E-state index contributed by atoms with van der Waals surface area (Å²) >= 11 is 5.75. The maximum Gasteiger partial charge on any atom is 0.276 e. The minimum Gasteiger partial charge on any atom is -0.484 e. The summed E-state index contributed by atoms with van der Waals surface area (Å²) in [7, 11) is 0. The van der Waals surface area contributed by atoms with Crippen LogP contribution in [-0.2, 0) is 16.0 Å². The Labute approximate surface area is 139 Å². The summed E-state index contributed by atoms with van der Waals surface area (Å²) in [5, 5.41) is 0.588. The molecule has 0 fully saturated rings. The van der Waals surface area contributed by atoms with Crippen LogP contribution in [0.4, 0.5) is 0 Å². The molecule has 0 saturated heterocycles. The molecule has 0 bridgehead atoms. The highest BCUT2D eigenvalue weighted by molar-refractivity contribution is 6.30. The van der Waals surface area contributed by atoms with E-state index in [2.05, 4.69) is 10.9 Å². The van der Waals surface area contributed by atoms with Crippen molar-refractivity contribution < 1.29 is 14.3 Å². The molecule has 2 amide bonds. The molecule has 2 rings (SSSR count). The smallest absolute Gasteiger partial charge is 0.276 e. The van der Waals surface area contributed by atoms with E-state index in [0.717, 1.165) is 11.1 Å². The van der Waals surface area contributed by atoms with Crippen LogP contribution in [0.25, 0.3) is 0 Å². The van der Waals surface area contributed by atoms with Crippen molar-refractivity contribution in [2.75, 3.05) is 6.61 Å². The summed E-state index contributed by atoms with van der Waals surface area (Å²) in [6.45, 7) is 1.73. The number of rotatable bonds is 5. The Hall–Kier alpha value is -2.53. The first-order chi connectivity index (χ1) is 11.0. The average Bonchev–Trinajstić information content (AvgIpc) is 2.54. The monoisotopic (exact) mass is 332 g/mol. The minimum absolute atomic E-state index is 0.199. The summed E-state index contributed by atoms with van der Waals surface area (Å²) < 4.78 is 5.27. The highest BCUT2D eigenvalue weighted by atomic mass is 35.5. The minimum atomic E-state index is -0.446. The third kappa shape index (κ3) is 5.64. The molecule has 0 aliphatic rings. The van der Waals surface area contributed by atoms with E-state index in [1.54, 1.807) is 24.3 Å². The van der Waals surface area contributed by atoms with Gasteiger partial charge in [0.1, 0.15) is 5.75 Å². The summed E-state index contributed by atoms with van der Waals surface area (Å²) in [5.41, 5.74) is 6.62. The maximum absolute atomic E-state index is 11.8. The Morgan fingerprint density at radius 3 is 2.35 bits per heavy atom. The lowest BCUT2D eigenvalue weighted by Crippen LogP contribution is -2.44. The largest absolute Gasteiger partial charge is 0.484 e. The molecule has 6 heteroatoms. The zero-order valence-corrected chi connectivity index (χ0v) is 13.4. The lowest BCUT2D eigenvalue weighted by atomic mass is 10.1. The van der Waals surface area contributed by atoms with E-state index in [9.17, 15) is 9.59 Å². The molecule has 0 unspecified atom stereocenters. The first-order valence-electron chi connectivity index (χ1n) is 7.05. The van der Waals surface area contributed by atoms with Crippen molar-refractivity contribution in [2.45, 2.75) is 13.3 Å². The Morgan fingerprint density at radius 2 is 1.65 bits per heavy atom. The first-order valence-corrected chi connectivity index (χ1v) is 7.43. The molecule has 0 saturated carbocycles. The number of hydrogen-bond acceptors (Lipinski definition) is 3. The summed E-state index contributed by atoms with van der Waals surface area (Å²) in [5.74, 6) is -0.215. The van der Waals surface area contributed by atoms with Gasteiger partial charge in [0.15, 0.2) is 6.61 Å². The van der Waals surface area contributed by atoms with Gasteiger partial charge in [-0.3, -0.25) is 20.4 Å². The summed E-state index contributed by atoms with van der Waals surface area (Å²) in [6.07, 6.45) is 0.199. The number of ether oxygens (including phenoxy) is 1. The SMILES string of the molecule is Cc1ccccc1CC(=O)NNC(=O)COc1ccc(Cl)cc1. The van der Waals surface area contributed by atoms with Gasteiger partial charge in [-0.05, 0) is 42.3 Å². The topological polar surface area (TPSA) is 67.4 Å². The first kappa shape index (κ1) is 16.8. The van der Waals surface area contributed by atoms with Gasteiger partial charge < -0.3 is 4.74 Å². The number of benzene rings is 2. The lowest BCUT2D eigenvalue weighted by molar-refractivity contribution is -0.129. The number of aryl methyl sites for hydroxylation is 1. The molecular weight excluding hydrogens is 316 g/mol. The quantitative estimate of drug-likeness (QED) is 0.826. The van der Waals surface area contributed by atoms with Crippen molar-refractivity contribution >= 4 is 23.4 Å². The average molecular weight is 333 g/mol. The second-order valence-corrected chi connectivity index (χ2v) is 5.38. The normalized spacial score (nSPS) is 10.0. The Balaban J connectivity index is 1.72. The molecule has 0 radical (unpaired) electrons. The number of hydrazine groups is 1. The van der Waals surface area contributed by atoms with Gasteiger partial charge >= 0.3 is 0 Å². The van der Waals surface area contributed by atoms with Gasteiger partial charge in [-0.2, -0.15) is 0 Å². The zero-order valence-electron chi connectivity index (χ0n) is 12.6. The predicted molar refractivity (Wildman–Crippen MR) is 88.1 cm³/mol. The van der Waals surface area contributed by atoms with Crippen molar-refractivity contribution in [2.24, 2.45) is 0 Å². The fourth-order valence-electron chi connectivity index (χ4n) is 1.88. The van der Waals surface area contributed by atoms with Gasteiger partial charge in [0, 0.05) is 5.02 Å². The van der Waals surface area contributed by atoms with Gasteiger partial charge in [-0.1, -0.05) is 35.9 Å². The standard InChI is InChI=1S/C17H17ClN2O3/c1-12-4-2-3-5-13(12)10-16(21)19-20-17(22)11-23-15-8-6-14(18)7-9-15/h2-9H,10-11H2,1H3,(H,19,21)(H,20,22). The van der Waals surface area contributed by atoms with Crippen LogP contribution in [0.15, 0.2) is 48.5 Å². The van der Waals surface area contributed by atoms with E-state index >= 15 is 0 Å². The second kappa shape index (κ2) is 8.19. The van der Waals surface area contributed by atoms with E-state index in [1.807, 2.05) is 31.2 Å². The van der Waals surface area contributed by atoms with Crippen molar-refractivity contribution in [3.63, 3.8) is 0 Å². The molecule has 0 heterocycles. The number of amides is 2. The van der Waals surface area contributed by atoms with Crippen molar-refractivity contribution in [1.82, 2.24) is 10.9 Å². The molecule has 2 aromatic rings. The van der Waals surface area contributed by atoms with E-state index in [4.69, 9.17) is 16.3 Å². The maximum atomic E-state index is 11.8. The van der Waals surface area contributed by atoms with Crippen LogP contribution >= 0.6 is 11.6 Å². The lowest BCUT2D eigenvalue weighted by Gasteiger charge is -2.09. The summed E-state index contributed by atoms with van der Waals surface area (Å²) in [4.78, 5) is 23.4. The number of hydrogen-bond donors (Lipinski definition) is 2. The van der Waals surface area contributed by atoms with Crippen LogP contribution in [0.2, 0.25) is 5.02 Å². The third-order valence-electron chi connectivity index (χ3n) is 3.14. The molecule has 0 spiro atoms. The van der Waals surface area contributed by atoms with Gasteiger partial charge in [0.25, 0.3) is 5.91 Å². The van der Waals surface area contributed by atoms with Crippen LogP contribution in [-0.4, -0.2) is 18.4 Å². The molecule has 0 aromatic heterocycles. The molecular formula is C17H17ClN2O3. The molecule has 0 aliphatic carbocycles. The van der Waals surface area contributed by atoms with Crippen molar-refractivity contribution in [3.8, 4) is 5.75 Å². The number of carbonyl (C=O) groups is 2. The van der Waals surface area contributed by atoms with E-state index in [-0.39, 0.29) is 18.9 Å². The third-order valence-corrected chi connectivity index (χ3v) is 3.39. The fourth-order valence-corrected chi connectivity index (χ4v) is 2.01. The van der Waals surface area contributed by atoms with Crippen LogP contribution in [0.5, 0.6) is 5.75 Å². The Morgan fingerprint density at radius 1 is 1.00 bits per heavy atom. The molecule has 0 atom stereocenters. The predicted octanol–water partition coefficient (Wildman–Crippen LogP) is 2.42. The highest BCUT2D eigenvalue weighted by Gasteiger charge is 2.08. The van der Waals surface area contributed by atoms with Gasteiger partial charge in [0.2, 0.25) is 5.91 Å². The van der Waals surface area contributed by atoms with Gasteiger partial charge in [-0.15, -0.1) is 0 Å². The molecule has 5 nitrogen and oxygen atoms in total. The second-order valence-electron chi connectivity index (χ2n) is 4.94. The van der Waals surface area contributed by atoms with Crippen LogP contribution in [0.1, 0.15) is 11.1 Å². The number of nitrogens with one attached hydrogen (secondary N) is 2. The number of carbonyl (C=O) groups excluding carboxylic acids is 2. The fraction of sp³-hybridized carbons (Fsp3) is 0.176. The van der Waals surface area contributed by atoms with Crippen LogP contribution < -0.4 is 15.6 Å². The van der Waals surface area contributed by atoms with Gasteiger partial charge in [0.05, 0.1) is 6.42 Å². The molecule has 2 aromatic carbocycles. The molecule has 0 aliphatic heterocycles. The molecule has 120 valence electrons. The van der Waals surface area contributed by atoms with E-state index in [0.29, 0.717) is 10.8 Å². The van der Waals surface area contributed by atoms with E-state index in [1.165, 1.54) is 0 Å². The molecule has 2 N–H and O–H groups in total. The highest BCUT2D eigenvalue weighted by Crippen LogP contribution is 2.15. The van der Waals surface area contributed by atoms with Crippen molar-refractivity contribution in [3.05, 3.63) is 64.7 Å². The summed E-state index contributed by atoms with van der Waals surface area (Å²) in [6, 6.07) is 14.2. The Bertz CT molecular complexity index is 686. The Kier molecular flexibility index (Phi) is 6.00.